The van der Waals surface area contributed by atoms with Gasteiger partial charge in [0.25, 0.3) is 0 Å². The molecule has 7 nitrogen and oxygen atoms in total. The Kier molecular flexibility index (Phi) is 8.65. The minimum absolute atomic E-state index is 0. The summed E-state index contributed by atoms with van der Waals surface area (Å²) in [5.41, 5.74) is 8.80. The van der Waals surface area contributed by atoms with Crippen LogP contribution < -0.4 is 16.0 Å². The van der Waals surface area contributed by atoms with Gasteiger partial charge >= 0.3 is 6.09 Å². The lowest BCUT2D eigenvalue weighted by Gasteiger charge is -2.31. The van der Waals surface area contributed by atoms with E-state index in [4.69, 9.17) is 10.5 Å². The lowest BCUT2D eigenvalue weighted by atomic mass is 10.1. The molecule has 1 atom stereocenters. The number of aliphatic imine (C=N–C) groups is 1. The molecule has 0 bridgehead atoms. The fourth-order valence-corrected chi connectivity index (χ4v) is 3.92. The molecular formula is C20H32IN5O2. The maximum atomic E-state index is 11.7. The number of amides is 1. The summed E-state index contributed by atoms with van der Waals surface area (Å²) in [4.78, 5) is 20.4. The molecule has 1 aromatic carbocycles. The average Bonchev–Trinajstić information content (AvgIpc) is 2.98. The Morgan fingerprint density at radius 3 is 2.75 bits per heavy atom. The predicted molar refractivity (Wildman–Crippen MR) is 124 cm³/mol. The minimum Gasteiger partial charge on any atom is -0.450 e. The van der Waals surface area contributed by atoms with Gasteiger partial charge in [-0.2, -0.15) is 0 Å². The maximum Gasteiger partial charge on any atom is 0.409 e. The Morgan fingerprint density at radius 1 is 1.32 bits per heavy atom. The van der Waals surface area contributed by atoms with Crippen molar-refractivity contribution in [3.63, 3.8) is 0 Å². The van der Waals surface area contributed by atoms with Crippen LogP contribution in [0.2, 0.25) is 0 Å². The van der Waals surface area contributed by atoms with Crippen LogP contribution in [0.3, 0.4) is 0 Å². The van der Waals surface area contributed by atoms with Gasteiger partial charge in [0.05, 0.1) is 13.2 Å². The first-order valence-electron chi connectivity index (χ1n) is 9.91. The molecule has 0 spiro atoms. The molecule has 8 heteroatoms. The first-order chi connectivity index (χ1) is 13.1. The van der Waals surface area contributed by atoms with E-state index in [9.17, 15) is 4.79 Å². The zero-order chi connectivity index (χ0) is 19.2. The molecule has 1 fully saturated rings. The molecule has 1 amide bonds. The first kappa shape index (κ1) is 22.6. The van der Waals surface area contributed by atoms with Crippen LogP contribution in [0.4, 0.5) is 10.5 Å². The number of benzene rings is 1. The average molecular weight is 501 g/mol. The summed E-state index contributed by atoms with van der Waals surface area (Å²) in [5.74, 6) is 0.490. The second-order valence-corrected chi connectivity index (χ2v) is 7.25. The van der Waals surface area contributed by atoms with E-state index >= 15 is 0 Å². The number of para-hydroxylation sites is 1. The van der Waals surface area contributed by atoms with Crippen LogP contribution in [0.15, 0.2) is 29.3 Å². The monoisotopic (exact) mass is 501 g/mol. The highest BCUT2D eigenvalue weighted by molar-refractivity contribution is 14.0. The molecule has 1 saturated heterocycles. The van der Waals surface area contributed by atoms with Crippen LogP contribution >= 0.6 is 24.0 Å². The van der Waals surface area contributed by atoms with Crippen molar-refractivity contribution >= 4 is 41.7 Å². The van der Waals surface area contributed by atoms with Gasteiger partial charge in [-0.15, -0.1) is 24.0 Å². The van der Waals surface area contributed by atoms with E-state index in [0.29, 0.717) is 38.2 Å². The number of likely N-dealkylation sites (tertiary alicyclic amines) is 1. The molecule has 28 heavy (non-hydrogen) atoms. The number of hydrogen-bond donors (Lipinski definition) is 2. The fraction of sp³-hybridized carbons (Fsp3) is 0.600. The van der Waals surface area contributed by atoms with Gasteiger partial charge in [0.15, 0.2) is 5.96 Å². The largest absolute Gasteiger partial charge is 0.450 e. The number of halogens is 1. The summed E-state index contributed by atoms with van der Waals surface area (Å²) in [5, 5.41) is 3.30. The Hall–Kier alpha value is -1.71. The molecule has 3 rings (SSSR count). The number of fused-ring (bicyclic) bond motifs is 1. The number of anilines is 1. The van der Waals surface area contributed by atoms with Gasteiger partial charge in [0, 0.05) is 37.4 Å². The van der Waals surface area contributed by atoms with Crippen LogP contribution in [0, 0.1) is 0 Å². The number of carbonyl (C=O) groups excluding carboxylic acids is 1. The normalized spacial score (nSPS) is 19.8. The van der Waals surface area contributed by atoms with Crippen molar-refractivity contribution in [2.24, 2.45) is 10.7 Å². The van der Waals surface area contributed by atoms with Gasteiger partial charge in [0.1, 0.15) is 0 Å². The van der Waals surface area contributed by atoms with Crippen molar-refractivity contribution in [3.8, 4) is 0 Å². The van der Waals surface area contributed by atoms with Crippen molar-refractivity contribution in [3.05, 3.63) is 29.8 Å². The molecule has 0 saturated carbocycles. The molecule has 0 radical (unpaired) electrons. The SMILES string of the molecule is CCOC(=O)N1CCC(NC(N)=NCCN2c3ccccc3CC2C)CC1.I. The molecule has 2 aliphatic rings. The molecule has 2 aliphatic heterocycles. The third kappa shape index (κ3) is 5.65. The summed E-state index contributed by atoms with van der Waals surface area (Å²) >= 11 is 0. The highest BCUT2D eigenvalue weighted by atomic mass is 127. The molecule has 2 heterocycles. The second kappa shape index (κ2) is 10.7. The van der Waals surface area contributed by atoms with E-state index in [0.717, 1.165) is 25.8 Å². The van der Waals surface area contributed by atoms with Gasteiger partial charge in [0.2, 0.25) is 0 Å². The van der Waals surface area contributed by atoms with Crippen molar-refractivity contribution in [2.75, 3.05) is 37.7 Å². The van der Waals surface area contributed by atoms with Crippen molar-refractivity contribution in [1.29, 1.82) is 0 Å². The van der Waals surface area contributed by atoms with Gasteiger partial charge in [-0.05, 0) is 44.7 Å². The Morgan fingerprint density at radius 2 is 2.04 bits per heavy atom. The maximum absolute atomic E-state index is 11.7. The van der Waals surface area contributed by atoms with Crippen molar-refractivity contribution < 1.29 is 9.53 Å². The van der Waals surface area contributed by atoms with Crippen LogP contribution in [0.1, 0.15) is 32.3 Å². The van der Waals surface area contributed by atoms with Crippen molar-refractivity contribution in [2.45, 2.75) is 45.2 Å². The van der Waals surface area contributed by atoms with Crippen LogP contribution in [-0.2, 0) is 11.2 Å². The van der Waals surface area contributed by atoms with Crippen molar-refractivity contribution in [1.82, 2.24) is 10.2 Å². The van der Waals surface area contributed by atoms with E-state index in [1.54, 1.807) is 4.90 Å². The summed E-state index contributed by atoms with van der Waals surface area (Å²) in [6.45, 7) is 7.39. The highest BCUT2D eigenvalue weighted by Crippen LogP contribution is 2.31. The fourth-order valence-electron chi connectivity index (χ4n) is 3.92. The smallest absolute Gasteiger partial charge is 0.409 e. The molecule has 1 aromatic rings. The molecule has 0 aliphatic carbocycles. The number of guanidine groups is 1. The summed E-state index contributed by atoms with van der Waals surface area (Å²) in [7, 11) is 0. The topological polar surface area (TPSA) is 83.2 Å². The van der Waals surface area contributed by atoms with Gasteiger partial charge in [-0.25, -0.2) is 4.79 Å². The number of rotatable bonds is 5. The minimum atomic E-state index is -0.224. The summed E-state index contributed by atoms with van der Waals surface area (Å²) in [6.07, 6.45) is 2.57. The van der Waals surface area contributed by atoms with Gasteiger partial charge in [-0.3, -0.25) is 4.99 Å². The summed E-state index contributed by atoms with van der Waals surface area (Å²) < 4.78 is 5.05. The van der Waals surface area contributed by atoms with E-state index in [2.05, 4.69) is 46.4 Å². The number of ether oxygens (including phenoxy) is 1. The molecular weight excluding hydrogens is 469 g/mol. The highest BCUT2D eigenvalue weighted by Gasteiger charge is 2.25. The van der Waals surface area contributed by atoms with E-state index in [-0.39, 0.29) is 36.1 Å². The number of piperidine rings is 1. The molecule has 0 aromatic heterocycles. The Bertz CT molecular complexity index is 676. The van der Waals surface area contributed by atoms with Crippen LogP contribution in [-0.4, -0.2) is 61.8 Å². The van der Waals surface area contributed by atoms with E-state index in [1.807, 2.05) is 6.92 Å². The zero-order valence-electron chi connectivity index (χ0n) is 16.8. The number of hydrogen-bond acceptors (Lipinski definition) is 4. The number of nitrogens with zero attached hydrogens (tertiary/aromatic N) is 3. The van der Waals surface area contributed by atoms with Gasteiger partial charge in [-0.1, -0.05) is 18.2 Å². The Balaban J connectivity index is 0.00000280. The molecule has 1 unspecified atom stereocenters. The van der Waals surface area contributed by atoms with E-state index < -0.39 is 0 Å². The lowest BCUT2D eigenvalue weighted by molar-refractivity contribution is 0.0963. The van der Waals surface area contributed by atoms with Gasteiger partial charge < -0.3 is 25.6 Å². The standard InChI is InChI=1S/C20H31N5O2.HI/c1-3-27-20(26)24-11-8-17(9-12-24)23-19(21)22-10-13-25-15(2)14-16-6-4-5-7-18(16)25;/h4-7,15,17H,3,8-14H2,1-2H3,(H3,21,22,23);1H. The third-order valence-electron chi connectivity index (χ3n) is 5.34. The van der Waals surface area contributed by atoms with Crippen LogP contribution in [0.5, 0.6) is 0 Å². The zero-order valence-corrected chi connectivity index (χ0v) is 19.1. The third-order valence-corrected chi connectivity index (χ3v) is 5.34. The molecule has 156 valence electrons. The second-order valence-electron chi connectivity index (χ2n) is 7.25. The van der Waals surface area contributed by atoms with E-state index in [1.165, 1.54) is 11.3 Å². The Labute approximate surface area is 184 Å². The first-order valence-corrected chi connectivity index (χ1v) is 9.91. The quantitative estimate of drug-likeness (QED) is 0.368. The predicted octanol–water partition coefficient (Wildman–Crippen LogP) is 2.58. The molecule has 3 N–H and O–H groups in total. The number of nitrogens with two attached hydrogens (primary N) is 1. The summed E-state index contributed by atoms with van der Waals surface area (Å²) in [6, 6.07) is 9.33. The number of nitrogens with one attached hydrogen (secondary N) is 1. The van der Waals surface area contributed by atoms with Crippen LogP contribution in [0.25, 0.3) is 0 Å². The lowest BCUT2D eigenvalue weighted by Crippen LogP contribution is -2.48. The number of carbonyl (C=O) groups is 1.